The lowest BCUT2D eigenvalue weighted by Crippen LogP contribution is -2.39. The Labute approximate surface area is 144 Å². The molecule has 2 aromatic carbocycles. The Morgan fingerprint density at radius 3 is 2.87 bits per heavy atom. The third-order valence-corrected chi connectivity index (χ3v) is 4.29. The number of hydrogen-bond donors (Lipinski definition) is 0. The van der Waals surface area contributed by atoms with Crippen LogP contribution in [0.5, 0.6) is 5.75 Å². The van der Waals surface area contributed by atoms with Crippen LogP contribution in [-0.4, -0.2) is 26.2 Å². The number of benzene rings is 2. The number of hydrogen-bond acceptors (Lipinski definition) is 3. The van der Waals surface area contributed by atoms with E-state index in [0.717, 1.165) is 22.6 Å². The van der Waals surface area contributed by atoms with Crippen LogP contribution in [0.25, 0.3) is 21.6 Å². The fourth-order valence-electron chi connectivity index (χ4n) is 2.70. The molecule has 7 heteroatoms. The zero-order valence-corrected chi connectivity index (χ0v) is 13.9. The molecule has 0 aromatic heterocycles. The van der Waals surface area contributed by atoms with Gasteiger partial charge in [-0.25, -0.2) is 0 Å². The molecule has 1 atom stereocenters. The number of para-hydroxylation sites is 1. The van der Waals surface area contributed by atoms with Gasteiger partial charge in [-0.1, -0.05) is 46.5 Å². The molecule has 0 amide bonds. The van der Waals surface area contributed by atoms with E-state index in [4.69, 9.17) is 33.5 Å². The molecule has 1 aliphatic heterocycles. The molecule has 1 heterocycles. The van der Waals surface area contributed by atoms with E-state index in [1.807, 2.05) is 31.3 Å². The van der Waals surface area contributed by atoms with E-state index >= 15 is 0 Å². The average Bonchev–Trinajstić information content (AvgIpc) is 2.53. The number of azide groups is 1. The molecule has 0 saturated heterocycles. The van der Waals surface area contributed by atoms with E-state index in [9.17, 15) is 0 Å². The van der Waals surface area contributed by atoms with Crippen molar-refractivity contribution in [3.05, 3.63) is 56.9 Å². The Balaban J connectivity index is 2.07. The summed E-state index contributed by atoms with van der Waals surface area (Å²) in [6.07, 6.45) is -0.198. The maximum atomic E-state index is 8.51. The second-order valence-corrected chi connectivity index (χ2v) is 6.16. The normalized spacial score (nSPS) is 16.3. The minimum Gasteiger partial charge on any atom is -0.486 e. The van der Waals surface area contributed by atoms with Gasteiger partial charge in [-0.15, -0.1) is 0 Å². The minimum atomic E-state index is -0.198. The molecule has 0 bridgehead atoms. The Morgan fingerprint density at radius 1 is 1.30 bits per heavy atom. The van der Waals surface area contributed by atoms with Crippen molar-refractivity contribution < 1.29 is 4.74 Å². The van der Waals surface area contributed by atoms with Crippen molar-refractivity contribution in [2.75, 3.05) is 25.0 Å². The molecule has 0 saturated carbocycles. The van der Waals surface area contributed by atoms with E-state index in [-0.39, 0.29) is 12.6 Å². The summed E-state index contributed by atoms with van der Waals surface area (Å²) in [7, 11) is 1.98. The number of nitrogens with zero attached hydrogens (tertiary/aromatic N) is 4. The van der Waals surface area contributed by atoms with E-state index in [1.54, 1.807) is 12.1 Å². The first-order valence-corrected chi connectivity index (χ1v) is 7.83. The van der Waals surface area contributed by atoms with Gasteiger partial charge in [0, 0.05) is 28.1 Å². The fourth-order valence-corrected chi connectivity index (χ4v) is 3.21. The molecule has 0 radical (unpaired) electrons. The van der Waals surface area contributed by atoms with Gasteiger partial charge in [0.15, 0.2) is 5.75 Å². The van der Waals surface area contributed by atoms with Crippen LogP contribution in [0.15, 0.2) is 41.5 Å². The summed E-state index contributed by atoms with van der Waals surface area (Å²) in [6.45, 7) is 0.937. The molecule has 0 N–H and O–H groups in total. The zero-order chi connectivity index (χ0) is 16.4. The predicted octanol–water partition coefficient (Wildman–Crippen LogP) is 5.17. The second kappa shape index (κ2) is 6.59. The summed E-state index contributed by atoms with van der Waals surface area (Å²) in [5.74, 6) is 0.739. The molecule has 3 rings (SSSR count). The highest BCUT2D eigenvalue weighted by Gasteiger charge is 2.26. The Morgan fingerprint density at radius 2 is 2.13 bits per heavy atom. The molecular formula is C16H14Cl2N4O. The predicted molar refractivity (Wildman–Crippen MR) is 93.6 cm³/mol. The molecule has 0 spiro atoms. The second-order valence-electron chi connectivity index (χ2n) is 5.31. The Kier molecular flexibility index (Phi) is 4.53. The fraction of sp³-hybridized carbons (Fsp3) is 0.250. The van der Waals surface area contributed by atoms with Crippen LogP contribution in [0.2, 0.25) is 10.0 Å². The number of halogens is 2. The van der Waals surface area contributed by atoms with E-state index in [2.05, 4.69) is 14.9 Å². The Bertz CT molecular complexity index is 790. The van der Waals surface area contributed by atoms with Crippen LogP contribution in [0.4, 0.5) is 5.69 Å². The van der Waals surface area contributed by atoms with Crippen LogP contribution >= 0.6 is 23.2 Å². The van der Waals surface area contributed by atoms with Crippen molar-refractivity contribution in [2.45, 2.75) is 6.10 Å². The van der Waals surface area contributed by atoms with Gasteiger partial charge in [0.05, 0.1) is 23.8 Å². The van der Waals surface area contributed by atoms with E-state index in [1.165, 1.54) is 0 Å². The largest absolute Gasteiger partial charge is 0.486 e. The van der Waals surface area contributed by atoms with Gasteiger partial charge in [0.2, 0.25) is 0 Å². The number of rotatable bonds is 3. The Hall–Kier alpha value is -2.07. The summed E-state index contributed by atoms with van der Waals surface area (Å²) in [5, 5.41) is 4.77. The van der Waals surface area contributed by atoms with Gasteiger partial charge in [-0.2, -0.15) is 0 Å². The molecule has 0 aliphatic carbocycles. The first-order valence-electron chi connectivity index (χ1n) is 7.07. The van der Waals surface area contributed by atoms with Crippen molar-refractivity contribution in [1.82, 2.24) is 0 Å². The molecule has 1 unspecified atom stereocenters. The molecule has 0 fully saturated rings. The van der Waals surface area contributed by atoms with E-state index < -0.39 is 0 Å². The maximum absolute atomic E-state index is 8.51. The summed E-state index contributed by atoms with van der Waals surface area (Å²) in [5.41, 5.74) is 11.2. The highest BCUT2D eigenvalue weighted by atomic mass is 35.5. The summed E-state index contributed by atoms with van der Waals surface area (Å²) < 4.78 is 6.08. The van der Waals surface area contributed by atoms with Crippen LogP contribution in [-0.2, 0) is 0 Å². The van der Waals surface area contributed by atoms with Crippen molar-refractivity contribution in [1.29, 1.82) is 0 Å². The average molecular weight is 349 g/mol. The highest BCUT2D eigenvalue weighted by molar-refractivity contribution is 6.36. The lowest BCUT2D eigenvalue weighted by Gasteiger charge is -2.34. The highest BCUT2D eigenvalue weighted by Crippen LogP contribution is 2.43. The summed E-state index contributed by atoms with van der Waals surface area (Å²) >= 11 is 12.3. The number of likely N-dealkylation sites (N-methyl/N-ethyl adjacent to an activating group) is 1. The standard InChI is InChI=1S/C16H14Cl2N4O/c1-22-9-11(8-20-21-19)23-16-13(3-2-4-15(16)22)12-6-5-10(17)7-14(12)18/h2-7,11H,8-9H2,1H3. The van der Waals surface area contributed by atoms with Gasteiger partial charge in [0.25, 0.3) is 0 Å². The van der Waals surface area contributed by atoms with Crippen LogP contribution in [0.1, 0.15) is 0 Å². The van der Waals surface area contributed by atoms with Crippen molar-refractivity contribution in [3.63, 3.8) is 0 Å². The maximum Gasteiger partial charge on any atom is 0.150 e. The van der Waals surface area contributed by atoms with Gasteiger partial charge >= 0.3 is 0 Å². The van der Waals surface area contributed by atoms with Crippen LogP contribution < -0.4 is 9.64 Å². The minimum absolute atomic E-state index is 0.198. The van der Waals surface area contributed by atoms with Gasteiger partial charge < -0.3 is 9.64 Å². The summed E-state index contributed by atoms with van der Waals surface area (Å²) in [6, 6.07) is 11.3. The summed E-state index contributed by atoms with van der Waals surface area (Å²) in [4.78, 5) is 4.89. The lowest BCUT2D eigenvalue weighted by molar-refractivity contribution is 0.205. The molecule has 118 valence electrons. The molecule has 5 nitrogen and oxygen atoms in total. The topological polar surface area (TPSA) is 61.2 Å². The first kappa shape index (κ1) is 15.8. The third-order valence-electron chi connectivity index (χ3n) is 3.74. The molecule has 1 aliphatic rings. The van der Waals surface area contributed by atoms with Gasteiger partial charge in [-0.3, -0.25) is 0 Å². The number of fused-ring (bicyclic) bond motifs is 1. The SMILES string of the molecule is CN1CC(CN=[N+]=[N-])Oc2c(-c3ccc(Cl)cc3Cl)cccc21. The van der Waals surface area contributed by atoms with Crippen molar-refractivity contribution in [2.24, 2.45) is 5.11 Å². The molecular weight excluding hydrogens is 335 g/mol. The van der Waals surface area contributed by atoms with Gasteiger partial charge in [-0.05, 0) is 23.7 Å². The van der Waals surface area contributed by atoms with Crippen LogP contribution in [0.3, 0.4) is 0 Å². The number of ether oxygens (including phenoxy) is 1. The molecule has 23 heavy (non-hydrogen) atoms. The monoisotopic (exact) mass is 348 g/mol. The van der Waals surface area contributed by atoms with Crippen molar-refractivity contribution >= 4 is 28.9 Å². The lowest BCUT2D eigenvalue weighted by atomic mass is 10.0. The van der Waals surface area contributed by atoms with Crippen molar-refractivity contribution in [3.8, 4) is 16.9 Å². The molecule has 2 aromatic rings. The smallest absolute Gasteiger partial charge is 0.150 e. The van der Waals surface area contributed by atoms with Crippen LogP contribution in [0, 0.1) is 0 Å². The first-order chi connectivity index (χ1) is 11.1. The zero-order valence-electron chi connectivity index (χ0n) is 12.4. The number of anilines is 1. The quantitative estimate of drug-likeness (QED) is 0.436. The third kappa shape index (κ3) is 3.17. The van der Waals surface area contributed by atoms with E-state index in [0.29, 0.717) is 16.6 Å². The van der Waals surface area contributed by atoms with Gasteiger partial charge in [0.1, 0.15) is 6.10 Å².